The Morgan fingerprint density at radius 1 is 0.963 bits per heavy atom. The minimum atomic E-state index is 0.747. The van der Waals surface area contributed by atoms with Gasteiger partial charge in [0, 0.05) is 24.5 Å². The van der Waals surface area contributed by atoms with Gasteiger partial charge >= 0.3 is 0 Å². The number of benzene rings is 1. The van der Waals surface area contributed by atoms with Gasteiger partial charge in [-0.05, 0) is 77.7 Å². The first-order valence-corrected chi connectivity index (χ1v) is 10.8. The molecule has 0 atom stereocenters. The fourth-order valence-electron chi connectivity index (χ4n) is 4.57. The highest BCUT2D eigenvalue weighted by atomic mass is 79.9. The van der Waals surface area contributed by atoms with Crippen LogP contribution in [0.2, 0.25) is 0 Å². The molecular formula is C22H25BrN4. The van der Waals surface area contributed by atoms with Gasteiger partial charge in [-0.1, -0.05) is 30.7 Å². The standard InChI is InChI=1S/C22H25BrN4/c23-20-15-25-27-16-19(14-24-21(20)27)18-4-2-17(3-5-18)6-11-26-12-9-22(10-13-26)7-1-8-22/h2-5,14-16H,1,6-13H2. The third-order valence-corrected chi connectivity index (χ3v) is 7.21. The summed E-state index contributed by atoms with van der Waals surface area (Å²) in [6, 6.07) is 8.93. The van der Waals surface area contributed by atoms with Crippen LogP contribution in [0, 0.1) is 5.41 Å². The van der Waals surface area contributed by atoms with Gasteiger partial charge in [0.15, 0.2) is 5.65 Å². The summed E-state index contributed by atoms with van der Waals surface area (Å²) in [5, 5.41) is 4.33. The molecule has 140 valence electrons. The molecule has 2 aromatic heterocycles. The van der Waals surface area contributed by atoms with Crippen LogP contribution in [0.15, 0.2) is 47.3 Å². The van der Waals surface area contributed by atoms with Gasteiger partial charge in [-0.3, -0.25) is 0 Å². The summed E-state index contributed by atoms with van der Waals surface area (Å²) in [5.41, 5.74) is 5.28. The number of nitrogens with zero attached hydrogens (tertiary/aromatic N) is 4. The van der Waals surface area contributed by atoms with E-state index in [1.165, 1.54) is 62.9 Å². The van der Waals surface area contributed by atoms with Crippen molar-refractivity contribution in [3.8, 4) is 11.1 Å². The maximum atomic E-state index is 4.51. The molecule has 4 nitrogen and oxygen atoms in total. The second kappa shape index (κ2) is 7.02. The number of piperidine rings is 1. The van der Waals surface area contributed by atoms with E-state index >= 15 is 0 Å². The Morgan fingerprint density at radius 2 is 1.74 bits per heavy atom. The van der Waals surface area contributed by atoms with Gasteiger partial charge in [-0.15, -0.1) is 0 Å². The Kier molecular flexibility index (Phi) is 4.52. The number of likely N-dealkylation sites (tertiary alicyclic amines) is 1. The summed E-state index contributed by atoms with van der Waals surface area (Å²) in [6.45, 7) is 3.77. The summed E-state index contributed by atoms with van der Waals surface area (Å²) in [4.78, 5) is 7.17. The van der Waals surface area contributed by atoms with Crippen molar-refractivity contribution in [1.82, 2.24) is 19.5 Å². The van der Waals surface area contributed by atoms with Crippen LogP contribution in [0.4, 0.5) is 0 Å². The lowest BCUT2D eigenvalue weighted by Crippen LogP contribution is -2.44. The van der Waals surface area contributed by atoms with Crippen molar-refractivity contribution >= 4 is 21.6 Å². The quantitative estimate of drug-likeness (QED) is 0.592. The first-order chi connectivity index (χ1) is 13.2. The van der Waals surface area contributed by atoms with E-state index in [1.54, 1.807) is 6.20 Å². The third-order valence-electron chi connectivity index (χ3n) is 6.65. The number of fused-ring (bicyclic) bond motifs is 1. The fraction of sp³-hybridized carbons (Fsp3) is 0.455. The van der Waals surface area contributed by atoms with Crippen LogP contribution in [0.25, 0.3) is 16.8 Å². The Labute approximate surface area is 168 Å². The molecule has 3 heterocycles. The van der Waals surface area contributed by atoms with Crippen LogP contribution in [0.3, 0.4) is 0 Å². The van der Waals surface area contributed by atoms with Gasteiger partial charge < -0.3 is 4.90 Å². The minimum absolute atomic E-state index is 0.747. The molecule has 1 aliphatic carbocycles. The van der Waals surface area contributed by atoms with Crippen molar-refractivity contribution in [1.29, 1.82) is 0 Å². The lowest BCUT2D eigenvalue weighted by Gasteiger charge is -2.48. The molecule has 2 fully saturated rings. The predicted octanol–water partition coefficient (Wildman–Crippen LogP) is 4.97. The molecule has 0 bridgehead atoms. The van der Waals surface area contributed by atoms with Gasteiger partial charge in [0.25, 0.3) is 0 Å². The van der Waals surface area contributed by atoms with Gasteiger partial charge in [-0.2, -0.15) is 5.10 Å². The Balaban J connectivity index is 1.21. The highest BCUT2D eigenvalue weighted by molar-refractivity contribution is 9.10. The van der Waals surface area contributed by atoms with E-state index in [0.717, 1.165) is 27.5 Å². The van der Waals surface area contributed by atoms with Crippen LogP contribution < -0.4 is 0 Å². The average molecular weight is 425 g/mol. The highest BCUT2D eigenvalue weighted by Crippen LogP contribution is 2.48. The average Bonchev–Trinajstić information content (AvgIpc) is 3.06. The first-order valence-electron chi connectivity index (χ1n) is 10.0. The van der Waals surface area contributed by atoms with Crippen molar-refractivity contribution < 1.29 is 0 Å². The summed E-state index contributed by atoms with van der Waals surface area (Å²) >= 11 is 3.47. The fourth-order valence-corrected chi connectivity index (χ4v) is 4.95. The molecule has 0 N–H and O–H groups in total. The van der Waals surface area contributed by atoms with E-state index in [-0.39, 0.29) is 0 Å². The second-order valence-electron chi connectivity index (χ2n) is 8.25. The van der Waals surface area contributed by atoms with Gasteiger partial charge in [0.05, 0.1) is 10.7 Å². The molecule has 5 rings (SSSR count). The normalized spacial score (nSPS) is 19.4. The van der Waals surface area contributed by atoms with Crippen LogP contribution in [-0.4, -0.2) is 39.1 Å². The number of aromatic nitrogens is 3. The Morgan fingerprint density at radius 3 is 2.44 bits per heavy atom. The maximum Gasteiger partial charge on any atom is 0.169 e. The van der Waals surface area contributed by atoms with Gasteiger partial charge in [0.1, 0.15) is 0 Å². The molecule has 1 aromatic carbocycles. The zero-order valence-electron chi connectivity index (χ0n) is 15.6. The van der Waals surface area contributed by atoms with Crippen molar-refractivity contribution in [2.75, 3.05) is 19.6 Å². The molecule has 0 radical (unpaired) electrons. The SMILES string of the molecule is Brc1cnn2cc(-c3ccc(CCN4CCC5(CCC5)CC4)cc3)cnc12. The number of rotatable bonds is 4. The smallest absolute Gasteiger partial charge is 0.169 e. The molecule has 3 aromatic rings. The number of halogens is 1. The Bertz CT molecular complexity index is 933. The van der Waals surface area contributed by atoms with Crippen LogP contribution in [0.1, 0.15) is 37.7 Å². The molecule has 1 spiro atoms. The summed E-state index contributed by atoms with van der Waals surface area (Å²) in [5.74, 6) is 0. The third kappa shape index (κ3) is 3.43. The lowest BCUT2D eigenvalue weighted by molar-refractivity contribution is 0.0340. The van der Waals surface area contributed by atoms with Crippen LogP contribution >= 0.6 is 15.9 Å². The minimum Gasteiger partial charge on any atom is -0.303 e. The van der Waals surface area contributed by atoms with E-state index in [9.17, 15) is 0 Å². The maximum absolute atomic E-state index is 4.51. The molecular weight excluding hydrogens is 400 g/mol. The van der Waals surface area contributed by atoms with Gasteiger partial charge in [0.2, 0.25) is 0 Å². The van der Waals surface area contributed by atoms with E-state index < -0.39 is 0 Å². The van der Waals surface area contributed by atoms with Crippen LogP contribution in [0.5, 0.6) is 0 Å². The first kappa shape index (κ1) is 17.4. The molecule has 1 saturated carbocycles. The molecule has 0 amide bonds. The zero-order chi connectivity index (χ0) is 18.3. The van der Waals surface area contributed by atoms with Crippen molar-refractivity contribution in [2.24, 2.45) is 5.41 Å². The largest absolute Gasteiger partial charge is 0.303 e. The second-order valence-corrected chi connectivity index (χ2v) is 9.10. The molecule has 1 aliphatic heterocycles. The molecule has 0 unspecified atom stereocenters. The number of hydrogen-bond acceptors (Lipinski definition) is 3. The molecule has 27 heavy (non-hydrogen) atoms. The van der Waals surface area contributed by atoms with E-state index in [2.05, 4.69) is 55.2 Å². The lowest BCUT2D eigenvalue weighted by atomic mass is 9.63. The highest BCUT2D eigenvalue weighted by Gasteiger charge is 2.39. The van der Waals surface area contributed by atoms with Crippen molar-refractivity contribution in [3.05, 3.63) is 52.9 Å². The van der Waals surface area contributed by atoms with E-state index in [4.69, 9.17) is 0 Å². The number of hydrogen-bond donors (Lipinski definition) is 0. The summed E-state index contributed by atoms with van der Waals surface area (Å²) in [6.07, 6.45) is 14.1. The van der Waals surface area contributed by atoms with Crippen LogP contribution in [-0.2, 0) is 6.42 Å². The van der Waals surface area contributed by atoms with Gasteiger partial charge in [-0.25, -0.2) is 9.50 Å². The van der Waals surface area contributed by atoms with Crippen molar-refractivity contribution in [2.45, 2.75) is 38.5 Å². The molecule has 1 saturated heterocycles. The predicted molar refractivity (Wildman–Crippen MR) is 112 cm³/mol. The summed E-state index contributed by atoms with van der Waals surface area (Å²) in [7, 11) is 0. The Hall–Kier alpha value is -1.72. The van der Waals surface area contributed by atoms with Crippen molar-refractivity contribution in [3.63, 3.8) is 0 Å². The van der Waals surface area contributed by atoms with E-state index in [0.29, 0.717) is 0 Å². The monoisotopic (exact) mass is 424 g/mol. The van der Waals surface area contributed by atoms with E-state index in [1.807, 2.05) is 16.9 Å². The summed E-state index contributed by atoms with van der Waals surface area (Å²) < 4.78 is 2.74. The topological polar surface area (TPSA) is 33.4 Å². The molecule has 2 aliphatic rings. The molecule has 5 heteroatoms. The zero-order valence-corrected chi connectivity index (χ0v) is 17.2.